The molecule has 0 radical (unpaired) electrons. The first-order chi connectivity index (χ1) is 17.4. The van der Waals surface area contributed by atoms with E-state index in [9.17, 15) is 4.79 Å². The van der Waals surface area contributed by atoms with Crippen LogP contribution in [0.1, 0.15) is 39.2 Å². The molecule has 0 aliphatic heterocycles. The highest BCUT2D eigenvalue weighted by atomic mass is 16.5. The predicted molar refractivity (Wildman–Crippen MR) is 146 cm³/mol. The largest absolute Gasteiger partial charge is 0.494 e. The summed E-state index contributed by atoms with van der Waals surface area (Å²) in [7, 11) is 0. The number of amides is 1. The molecule has 4 aromatic rings. The molecule has 0 atom stereocenters. The van der Waals surface area contributed by atoms with Crippen LogP contribution in [0.2, 0.25) is 0 Å². The smallest absolute Gasteiger partial charge is 0.224 e. The lowest BCUT2D eigenvalue weighted by Gasteiger charge is -2.19. The van der Waals surface area contributed by atoms with Crippen LogP contribution in [0.4, 0.5) is 17.2 Å². The fourth-order valence-electron chi connectivity index (χ4n) is 3.67. The molecule has 6 nitrogen and oxygen atoms in total. The van der Waals surface area contributed by atoms with Gasteiger partial charge < -0.3 is 15.4 Å². The molecule has 0 aliphatic carbocycles. The number of aromatic nitrogens is 2. The maximum Gasteiger partial charge on any atom is 0.224 e. The van der Waals surface area contributed by atoms with Gasteiger partial charge in [-0.3, -0.25) is 4.79 Å². The first kappa shape index (κ1) is 24.9. The van der Waals surface area contributed by atoms with Crippen molar-refractivity contribution in [1.82, 2.24) is 9.97 Å². The molecule has 0 bridgehead atoms. The molecule has 0 spiro atoms. The maximum absolute atomic E-state index is 12.3. The number of carbonyl (C=O) groups is 1. The summed E-state index contributed by atoms with van der Waals surface area (Å²) in [6, 6.07) is 27.6. The van der Waals surface area contributed by atoms with Gasteiger partial charge in [-0.25, -0.2) is 9.97 Å². The third-order valence-electron chi connectivity index (χ3n) is 5.71. The topological polar surface area (TPSA) is 76.1 Å². The minimum Gasteiger partial charge on any atom is -0.494 e. The number of ether oxygens (including phenoxy) is 1. The highest BCUT2D eigenvalue weighted by molar-refractivity contribution is 5.90. The van der Waals surface area contributed by atoms with Crippen molar-refractivity contribution >= 4 is 23.1 Å². The first-order valence-electron chi connectivity index (χ1n) is 12.1. The number of anilines is 3. The van der Waals surface area contributed by atoms with Gasteiger partial charge in [-0.2, -0.15) is 0 Å². The van der Waals surface area contributed by atoms with Crippen LogP contribution in [-0.2, 0) is 10.2 Å². The third-order valence-corrected chi connectivity index (χ3v) is 5.71. The van der Waals surface area contributed by atoms with E-state index in [-0.39, 0.29) is 11.3 Å². The number of hydrogen-bond acceptors (Lipinski definition) is 5. The first-order valence-corrected chi connectivity index (χ1v) is 12.1. The quantitative estimate of drug-likeness (QED) is 0.253. The van der Waals surface area contributed by atoms with Crippen molar-refractivity contribution in [2.75, 3.05) is 17.2 Å². The minimum atomic E-state index is -0.0364. The molecular weight excluding hydrogens is 448 g/mol. The summed E-state index contributed by atoms with van der Waals surface area (Å²) in [5.41, 5.74) is 4.89. The van der Waals surface area contributed by atoms with Crippen LogP contribution in [0, 0.1) is 0 Å². The van der Waals surface area contributed by atoms with E-state index in [1.165, 1.54) is 5.56 Å². The van der Waals surface area contributed by atoms with Gasteiger partial charge >= 0.3 is 0 Å². The van der Waals surface area contributed by atoms with Gasteiger partial charge in [0.15, 0.2) is 0 Å². The van der Waals surface area contributed by atoms with Gasteiger partial charge in [0.05, 0.1) is 12.3 Å². The zero-order valence-corrected chi connectivity index (χ0v) is 21.0. The van der Waals surface area contributed by atoms with Crippen LogP contribution in [0.5, 0.6) is 5.75 Å². The number of carbonyl (C=O) groups excluding carboxylic acids is 1. The fourth-order valence-corrected chi connectivity index (χ4v) is 3.67. The second-order valence-electron chi connectivity index (χ2n) is 9.63. The van der Waals surface area contributed by atoms with Gasteiger partial charge in [-0.05, 0) is 53.8 Å². The summed E-state index contributed by atoms with van der Waals surface area (Å²) in [5, 5.41) is 6.22. The Hall–Kier alpha value is -4.19. The van der Waals surface area contributed by atoms with Crippen LogP contribution in [0.15, 0.2) is 91.3 Å². The molecule has 184 valence electrons. The van der Waals surface area contributed by atoms with E-state index < -0.39 is 0 Å². The normalized spacial score (nSPS) is 11.1. The summed E-state index contributed by atoms with van der Waals surface area (Å²) < 4.78 is 5.78. The fraction of sp³-hybridized carbons (Fsp3) is 0.233. The van der Waals surface area contributed by atoms with Gasteiger partial charge in [0, 0.05) is 29.4 Å². The molecule has 4 rings (SSSR count). The van der Waals surface area contributed by atoms with E-state index in [2.05, 4.69) is 53.5 Å². The summed E-state index contributed by atoms with van der Waals surface area (Å²) in [4.78, 5) is 21.0. The Balaban J connectivity index is 1.22. The molecule has 6 heteroatoms. The van der Waals surface area contributed by atoms with Crippen molar-refractivity contribution in [3.8, 4) is 17.0 Å². The van der Waals surface area contributed by atoms with E-state index in [1.54, 1.807) is 6.33 Å². The van der Waals surface area contributed by atoms with Crippen LogP contribution >= 0.6 is 0 Å². The number of nitrogens with zero attached hydrogens (tertiary/aromatic N) is 2. The highest BCUT2D eigenvalue weighted by Crippen LogP contribution is 2.25. The Morgan fingerprint density at radius 3 is 2.25 bits per heavy atom. The molecule has 3 aromatic carbocycles. The zero-order chi connectivity index (χ0) is 25.4. The maximum atomic E-state index is 12.3. The van der Waals surface area contributed by atoms with Crippen molar-refractivity contribution in [3.63, 3.8) is 0 Å². The molecule has 0 saturated heterocycles. The molecule has 1 amide bonds. The summed E-state index contributed by atoms with van der Waals surface area (Å²) >= 11 is 0. The van der Waals surface area contributed by atoms with Crippen LogP contribution in [0.25, 0.3) is 11.3 Å². The zero-order valence-electron chi connectivity index (χ0n) is 21.0. The number of rotatable bonds is 9. The Morgan fingerprint density at radius 2 is 1.56 bits per heavy atom. The van der Waals surface area contributed by atoms with Crippen LogP contribution < -0.4 is 15.4 Å². The Kier molecular flexibility index (Phi) is 7.95. The highest BCUT2D eigenvalue weighted by Gasteiger charge is 2.13. The van der Waals surface area contributed by atoms with E-state index in [0.717, 1.165) is 28.4 Å². The van der Waals surface area contributed by atoms with E-state index in [1.807, 2.05) is 72.8 Å². The van der Waals surface area contributed by atoms with E-state index in [0.29, 0.717) is 25.3 Å². The van der Waals surface area contributed by atoms with Crippen molar-refractivity contribution in [2.45, 2.75) is 39.0 Å². The molecule has 0 aliphatic rings. The monoisotopic (exact) mass is 480 g/mol. The van der Waals surface area contributed by atoms with E-state index >= 15 is 0 Å². The second-order valence-corrected chi connectivity index (χ2v) is 9.63. The lowest BCUT2D eigenvalue weighted by atomic mass is 9.87. The van der Waals surface area contributed by atoms with Crippen molar-refractivity contribution in [2.24, 2.45) is 0 Å². The Labute approximate surface area is 212 Å². The number of nitrogens with one attached hydrogen (secondary N) is 2. The molecule has 0 saturated carbocycles. The molecule has 0 fully saturated rings. The summed E-state index contributed by atoms with van der Waals surface area (Å²) in [6.45, 7) is 7.05. The third kappa shape index (κ3) is 7.15. The van der Waals surface area contributed by atoms with Gasteiger partial charge in [-0.1, -0.05) is 63.2 Å². The Bertz CT molecular complexity index is 1270. The Morgan fingerprint density at radius 1 is 0.861 bits per heavy atom. The van der Waals surface area contributed by atoms with Gasteiger partial charge in [-0.15, -0.1) is 0 Å². The lowest BCUT2D eigenvalue weighted by molar-refractivity contribution is -0.116. The standard InChI is InChI=1S/C30H32N4O2/c1-30(2,3)23-11-17-26(18-12-23)36-19-7-10-29(35)34-25-15-13-24(14-16-25)33-28-20-27(31-21-32-28)22-8-5-4-6-9-22/h4-6,8-9,11-18,20-21H,7,10,19H2,1-3H3,(H,34,35)(H,31,32,33). The molecule has 36 heavy (non-hydrogen) atoms. The SMILES string of the molecule is CC(C)(C)c1ccc(OCCCC(=O)Nc2ccc(Nc3cc(-c4ccccc4)ncn3)cc2)cc1. The van der Waals surface area contributed by atoms with Crippen molar-refractivity contribution in [1.29, 1.82) is 0 Å². The second kappa shape index (κ2) is 11.5. The van der Waals surface area contributed by atoms with Crippen LogP contribution in [-0.4, -0.2) is 22.5 Å². The average molecular weight is 481 g/mol. The molecule has 0 unspecified atom stereocenters. The van der Waals surface area contributed by atoms with E-state index in [4.69, 9.17) is 4.74 Å². The number of hydrogen-bond donors (Lipinski definition) is 2. The minimum absolute atomic E-state index is 0.0364. The average Bonchev–Trinajstić information content (AvgIpc) is 2.88. The predicted octanol–water partition coefficient (Wildman–Crippen LogP) is 6.98. The molecule has 2 N–H and O–H groups in total. The molecule has 1 heterocycles. The van der Waals surface area contributed by atoms with Gasteiger partial charge in [0.1, 0.15) is 17.9 Å². The van der Waals surface area contributed by atoms with Gasteiger partial charge in [0.25, 0.3) is 0 Å². The van der Waals surface area contributed by atoms with Crippen LogP contribution in [0.3, 0.4) is 0 Å². The lowest BCUT2D eigenvalue weighted by Crippen LogP contribution is -2.13. The molecular formula is C30H32N4O2. The van der Waals surface area contributed by atoms with Gasteiger partial charge in [0.2, 0.25) is 5.91 Å². The van der Waals surface area contributed by atoms with Crippen molar-refractivity contribution in [3.05, 3.63) is 96.8 Å². The van der Waals surface area contributed by atoms with Crippen molar-refractivity contribution < 1.29 is 9.53 Å². The summed E-state index contributed by atoms with van der Waals surface area (Å²) in [5.74, 6) is 1.49. The number of benzene rings is 3. The summed E-state index contributed by atoms with van der Waals surface area (Å²) in [6.07, 6.45) is 2.58. The molecule has 1 aromatic heterocycles.